The second-order valence-electron chi connectivity index (χ2n) is 6.30. The zero-order valence-electron chi connectivity index (χ0n) is 14.0. The average Bonchev–Trinajstić information content (AvgIpc) is 2.57. The zero-order valence-corrected chi connectivity index (χ0v) is 14.0. The highest BCUT2D eigenvalue weighted by Crippen LogP contribution is 2.17. The lowest BCUT2D eigenvalue weighted by atomic mass is 10.0. The maximum absolute atomic E-state index is 12.5. The summed E-state index contributed by atoms with van der Waals surface area (Å²) in [5.41, 5.74) is 2.27. The van der Waals surface area contributed by atoms with Gasteiger partial charge in [0.25, 0.3) is 5.56 Å². The highest BCUT2D eigenvalue weighted by atomic mass is 16.2. The molecule has 1 aromatic carbocycles. The van der Waals surface area contributed by atoms with Gasteiger partial charge in [0.1, 0.15) is 0 Å². The first-order valence-electron chi connectivity index (χ1n) is 8.12. The predicted molar refractivity (Wildman–Crippen MR) is 93.0 cm³/mol. The Bertz CT molecular complexity index is 936. The van der Waals surface area contributed by atoms with Gasteiger partial charge in [-0.25, -0.2) is 4.79 Å². The van der Waals surface area contributed by atoms with Crippen LogP contribution in [0.15, 0.2) is 45.0 Å². The minimum Gasteiger partial charge on any atom is -0.338 e. The Morgan fingerprint density at radius 2 is 1.92 bits per heavy atom. The Hall–Kier alpha value is -2.63. The lowest BCUT2D eigenvalue weighted by molar-refractivity contribution is -0.131. The molecule has 1 aliphatic rings. The van der Waals surface area contributed by atoms with Crippen LogP contribution in [0.4, 0.5) is 0 Å². The predicted octanol–water partition coefficient (Wildman–Crippen LogP) is 1.65. The summed E-state index contributed by atoms with van der Waals surface area (Å²) < 4.78 is 1.46. The molecule has 0 bridgehead atoms. The molecular formula is C18H21N3O3. The highest BCUT2D eigenvalue weighted by Gasteiger charge is 2.19. The summed E-state index contributed by atoms with van der Waals surface area (Å²) in [5, 5.41) is 0.455. The minimum atomic E-state index is -0.475. The molecule has 0 radical (unpaired) electrons. The van der Waals surface area contributed by atoms with Crippen LogP contribution in [-0.4, -0.2) is 33.4 Å². The number of hydrogen-bond acceptors (Lipinski definition) is 3. The average molecular weight is 327 g/mol. The summed E-state index contributed by atoms with van der Waals surface area (Å²) >= 11 is 0. The molecule has 24 heavy (non-hydrogen) atoms. The maximum Gasteiger partial charge on any atom is 0.328 e. The van der Waals surface area contributed by atoms with Crippen molar-refractivity contribution in [3.8, 4) is 0 Å². The Balaban J connectivity index is 1.81. The Labute approximate surface area is 139 Å². The lowest BCUT2D eigenvalue weighted by Gasteiger charge is -2.29. The van der Waals surface area contributed by atoms with E-state index in [0.29, 0.717) is 17.4 Å². The number of benzene rings is 1. The van der Waals surface area contributed by atoms with E-state index in [-0.39, 0.29) is 18.9 Å². The minimum absolute atomic E-state index is 0.0315. The monoisotopic (exact) mass is 327 g/mol. The molecule has 6 nitrogen and oxygen atoms in total. The second kappa shape index (κ2) is 6.47. The lowest BCUT2D eigenvalue weighted by Crippen LogP contribution is -2.38. The number of carbonyl (C=O) groups excluding carboxylic acids is 1. The van der Waals surface area contributed by atoms with E-state index in [1.165, 1.54) is 15.7 Å². The fourth-order valence-corrected chi connectivity index (χ4v) is 3.06. The molecule has 3 rings (SSSR count). The molecule has 1 aromatic heterocycles. The molecule has 6 heteroatoms. The summed E-state index contributed by atoms with van der Waals surface area (Å²) in [4.78, 5) is 40.6. The molecule has 0 aliphatic carbocycles. The van der Waals surface area contributed by atoms with Gasteiger partial charge in [-0.15, -0.1) is 0 Å². The summed E-state index contributed by atoms with van der Waals surface area (Å²) in [5.74, 6) is 0.0315. The van der Waals surface area contributed by atoms with Crippen LogP contribution in [0, 0.1) is 0 Å². The van der Waals surface area contributed by atoms with Crippen LogP contribution in [0.25, 0.3) is 10.9 Å². The van der Waals surface area contributed by atoms with Crippen LogP contribution < -0.4 is 11.2 Å². The SMILES string of the molecule is CC1=C(C)CN(C(=O)CCn2c(=O)[nH]c(=O)c3ccccc32)CC1. The van der Waals surface area contributed by atoms with Crippen molar-refractivity contribution in [2.24, 2.45) is 0 Å². The Morgan fingerprint density at radius 3 is 2.67 bits per heavy atom. The van der Waals surface area contributed by atoms with Crippen molar-refractivity contribution in [2.75, 3.05) is 13.1 Å². The normalized spacial score (nSPS) is 15.2. The maximum atomic E-state index is 12.5. The van der Waals surface area contributed by atoms with Crippen molar-refractivity contribution in [1.29, 1.82) is 0 Å². The molecule has 0 spiro atoms. The van der Waals surface area contributed by atoms with E-state index < -0.39 is 11.2 Å². The molecular weight excluding hydrogens is 306 g/mol. The van der Waals surface area contributed by atoms with Crippen LogP contribution >= 0.6 is 0 Å². The van der Waals surface area contributed by atoms with E-state index in [9.17, 15) is 14.4 Å². The van der Waals surface area contributed by atoms with Gasteiger partial charge in [0, 0.05) is 26.1 Å². The zero-order chi connectivity index (χ0) is 17.3. The molecule has 1 amide bonds. The van der Waals surface area contributed by atoms with Crippen molar-refractivity contribution in [3.63, 3.8) is 0 Å². The van der Waals surface area contributed by atoms with Gasteiger partial charge in [0.05, 0.1) is 10.9 Å². The number of nitrogens with one attached hydrogen (secondary N) is 1. The van der Waals surface area contributed by atoms with Gasteiger partial charge in [-0.1, -0.05) is 23.3 Å². The van der Waals surface area contributed by atoms with E-state index in [4.69, 9.17) is 0 Å². The van der Waals surface area contributed by atoms with Crippen molar-refractivity contribution in [2.45, 2.75) is 33.2 Å². The first kappa shape index (κ1) is 16.2. The van der Waals surface area contributed by atoms with Crippen LogP contribution in [0.2, 0.25) is 0 Å². The van der Waals surface area contributed by atoms with E-state index in [1.54, 1.807) is 24.3 Å². The number of hydrogen-bond donors (Lipinski definition) is 1. The number of aryl methyl sites for hydroxylation is 1. The molecule has 0 saturated heterocycles. The van der Waals surface area contributed by atoms with E-state index >= 15 is 0 Å². The van der Waals surface area contributed by atoms with Gasteiger partial charge >= 0.3 is 5.69 Å². The number of amides is 1. The van der Waals surface area contributed by atoms with Gasteiger partial charge in [-0.3, -0.25) is 19.1 Å². The van der Waals surface area contributed by atoms with E-state index in [1.807, 2.05) is 4.90 Å². The number of fused-ring (bicyclic) bond motifs is 1. The van der Waals surface area contributed by atoms with Crippen LogP contribution in [0.5, 0.6) is 0 Å². The van der Waals surface area contributed by atoms with Crippen molar-refractivity contribution < 1.29 is 4.79 Å². The summed E-state index contributed by atoms with van der Waals surface area (Å²) in [6.45, 7) is 5.79. The second-order valence-corrected chi connectivity index (χ2v) is 6.30. The Morgan fingerprint density at radius 1 is 1.17 bits per heavy atom. The third-order valence-electron chi connectivity index (χ3n) is 4.72. The number of rotatable bonds is 3. The standard InChI is InChI=1S/C18H21N3O3/c1-12-7-9-20(11-13(12)2)16(22)8-10-21-15-6-4-3-5-14(15)17(23)19-18(21)24/h3-6H,7-11H2,1-2H3,(H,19,23,24). The molecule has 2 heterocycles. The van der Waals surface area contributed by atoms with Gasteiger partial charge in [0.15, 0.2) is 0 Å². The summed E-state index contributed by atoms with van der Waals surface area (Å²) in [7, 11) is 0. The van der Waals surface area contributed by atoms with Crippen molar-refractivity contribution >= 4 is 16.8 Å². The van der Waals surface area contributed by atoms with Gasteiger partial charge in [-0.2, -0.15) is 0 Å². The van der Waals surface area contributed by atoms with Gasteiger partial charge in [0.2, 0.25) is 5.91 Å². The number of carbonyl (C=O) groups is 1. The largest absolute Gasteiger partial charge is 0.338 e. The molecule has 0 fully saturated rings. The van der Waals surface area contributed by atoms with Gasteiger partial charge < -0.3 is 4.90 Å². The first-order chi connectivity index (χ1) is 11.5. The van der Waals surface area contributed by atoms with Crippen molar-refractivity contribution in [1.82, 2.24) is 14.5 Å². The van der Waals surface area contributed by atoms with E-state index in [2.05, 4.69) is 18.8 Å². The summed E-state index contributed by atoms with van der Waals surface area (Å²) in [6.07, 6.45) is 1.14. The highest BCUT2D eigenvalue weighted by molar-refractivity contribution is 5.79. The fourth-order valence-electron chi connectivity index (χ4n) is 3.06. The molecule has 0 atom stereocenters. The first-order valence-corrected chi connectivity index (χ1v) is 8.12. The molecule has 1 N–H and O–H groups in total. The number of aromatic nitrogens is 2. The Kier molecular flexibility index (Phi) is 4.38. The quantitative estimate of drug-likeness (QED) is 0.871. The summed E-state index contributed by atoms with van der Waals surface area (Å²) in [6, 6.07) is 6.94. The van der Waals surface area contributed by atoms with Crippen LogP contribution in [0.1, 0.15) is 26.7 Å². The smallest absolute Gasteiger partial charge is 0.328 e. The van der Waals surface area contributed by atoms with Crippen molar-refractivity contribution in [3.05, 3.63) is 56.2 Å². The number of H-pyrrole nitrogens is 1. The molecule has 2 aromatic rings. The van der Waals surface area contributed by atoms with Crippen LogP contribution in [-0.2, 0) is 11.3 Å². The topological polar surface area (TPSA) is 75.2 Å². The molecule has 0 unspecified atom stereocenters. The fraction of sp³-hybridized carbons (Fsp3) is 0.389. The third kappa shape index (κ3) is 3.04. The molecule has 1 aliphatic heterocycles. The van der Waals surface area contributed by atoms with Crippen LogP contribution in [0.3, 0.4) is 0 Å². The third-order valence-corrected chi connectivity index (χ3v) is 4.72. The molecule has 0 saturated carbocycles. The van der Waals surface area contributed by atoms with E-state index in [0.717, 1.165) is 13.0 Å². The van der Waals surface area contributed by atoms with Gasteiger partial charge in [-0.05, 0) is 32.4 Å². The number of aromatic amines is 1. The molecule has 126 valence electrons. The number of nitrogens with zero attached hydrogens (tertiary/aromatic N) is 2. The number of para-hydroxylation sites is 1.